The summed E-state index contributed by atoms with van der Waals surface area (Å²) >= 11 is 0. The van der Waals surface area contributed by atoms with E-state index in [4.69, 9.17) is 10.6 Å². The monoisotopic (exact) mass is 236 g/mol. The van der Waals surface area contributed by atoms with Crippen LogP contribution in [0.15, 0.2) is 18.3 Å². The Morgan fingerprint density at radius 1 is 1.53 bits per heavy atom. The molecule has 0 unspecified atom stereocenters. The Balaban J connectivity index is 1.95. The second-order valence-electron chi connectivity index (χ2n) is 4.48. The summed E-state index contributed by atoms with van der Waals surface area (Å²) in [5.41, 5.74) is 3.71. The van der Waals surface area contributed by atoms with Crippen LogP contribution in [0.4, 0.5) is 11.5 Å². The van der Waals surface area contributed by atoms with Gasteiger partial charge < -0.3 is 15.1 Å². The first-order valence-electron chi connectivity index (χ1n) is 6.01. The molecule has 0 bridgehead atoms. The highest BCUT2D eigenvalue weighted by atomic mass is 16.5. The van der Waals surface area contributed by atoms with Crippen LogP contribution in [0.1, 0.15) is 12.8 Å². The van der Waals surface area contributed by atoms with E-state index in [0.717, 1.165) is 44.2 Å². The van der Waals surface area contributed by atoms with E-state index in [2.05, 4.69) is 22.4 Å². The van der Waals surface area contributed by atoms with Crippen LogP contribution in [0, 0.1) is 5.92 Å². The van der Waals surface area contributed by atoms with Crippen LogP contribution in [0.3, 0.4) is 0 Å². The molecule has 1 aliphatic heterocycles. The van der Waals surface area contributed by atoms with Gasteiger partial charge in [0.05, 0.1) is 0 Å². The summed E-state index contributed by atoms with van der Waals surface area (Å²) in [4.78, 5) is 6.35. The van der Waals surface area contributed by atoms with E-state index in [1.807, 2.05) is 12.1 Å². The average Bonchev–Trinajstić information content (AvgIpc) is 2.40. The molecular formula is C12H20N4O. The molecule has 1 saturated heterocycles. The number of hydrogen-bond donors (Lipinski definition) is 2. The van der Waals surface area contributed by atoms with E-state index in [1.165, 1.54) is 0 Å². The van der Waals surface area contributed by atoms with Crippen LogP contribution < -0.4 is 16.2 Å². The molecule has 94 valence electrons. The Labute approximate surface area is 102 Å². The standard InChI is InChI=1S/C12H20N4O/c1-16(9-10-3-6-17-7-4-10)11-2-5-14-12(8-11)15-13/h2,5,8,10H,3-4,6-7,9,13H2,1H3,(H,14,15). The number of nitrogens with zero attached hydrogens (tertiary/aromatic N) is 2. The van der Waals surface area contributed by atoms with Crippen LogP contribution in [0.5, 0.6) is 0 Å². The van der Waals surface area contributed by atoms with Gasteiger partial charge in [-0.05, 0) is 24.8 Å². The number of aromatic nitrogens is 1. The van der Waals surface area contributed by atoms with Crippen LogP contribution >= 0.6 is 0 Å². The van der Waals surface area contributed by atoms with Crippen molar-refractivity contribution in [1.29, 1.82) is 0 Å². The summed E-state index contributed by atoms with van der Waals surface area (Å²) in [5, 5.41) is 0. The molecule has 2 heterocycles. The van der Waals surface area contributed by atoms with E-state index in [0.29, 0.717) is 5.82 Å². The predicted molar refractivity (Wildman–Crippen MR) is 68.9 cm³/mol. The third-order valence-corrected chi connectivity index (χ3v) is 3.21. The molecule has 0 saturated carbocycles. The van der Waals surface area contributed by atoms with Crippen molar-refractivity contribution in [1.82, 2.24) is 4.98 Å². The molecular weight excluding hydrogens is 216 g/mol. The fourth-order valence-corrected chi connectivity index (χ4v) is 2.16. The quantitative estimate of drug-likeness (QED) is 0.608. The highest BCUT2D eigenvalue weighted by Crippen LogP contribution is 2.20. The van der Waals surface area contributed by atoms with Crippen LogP contribution in [0.2, 0.25) is 0 Å². The number of rotatable bonds is 4. The summed E-state index contributed by atoms with van der Waals surface area (Å²) in [6.45, 7) is 2.84. The molecule has 1 aromatic rings. The molecule has 3 N–H and O–H groups in total. The van der Waals surface area contributed by atoms with Gasteiger partial charge in [0, 0.05) is 44.8 Å². The Bertz CT molecular complexity index is 352. The van der Waals surface area contributed by atoms with Gasteiger partial charge in [0.2, 0.25) is 0 Å². The molecule has 17 heavy (non-hydrogen) atoms. The van der Waals surface area contributed by atoms with Gasteiger partial charge in [-0.2, -0.15) is 0 Å². The molecule has 0 aromatic carbocycles. The molecule has 2 rings (SSSR count). The Morgan fingerprint density at radius 3 is 3.00 bits per heavy atom. The van der Waals surface area contributed by atoms with E-state index in [9.17, 15) is 0 Å². The summed E-state index contributed by atoms with van der Waals surface area (Å²) in [7, 11) is 2.10. The number of hydrazine groups is 1. The van der Waals surface area contributed by atoms with Gasteiger partial charge in [-0.1, -0.05) is 0 Å². The lowest BCUT2D eigenvalue weighted by Gasteiger charge is -2.28. The molecule has 5 nitrogen and oxygen atoms in total. The van der Waals surface area contributed by atoms with Gasteiger partial charge in [-0.15, -0.1) is 0 Å². The highest BCUT2D eigenvalue weighted by Gasteiger charge is 2.16. The van der Waals surface area contributed by atoms with Crippen molar-refractivity contribution in [3.05, 3.63) is 18.3 Å². The number of anilines is 2. The molecule has 1 fully saturated rings. The van der Waals surface area contributed by atoms with E-state index < -0.39 is 0 Å². The van der Waals surface area contributed by atoms with Gasteiger partial charge in [0.15, 0.2) is 0 Å². The van der Waals surface area contributed by atoms with Gasteiger partial charge in [0.1, 0.15) is 5.82 Å². The predicted octanol–water partition coefficient (Wildman–Crippen LogP) is 1.23. The minimum atomic E-state index is 0.696. The Kier molecular flexibility index (Phi) is 4.17. The van der Waals surface area contributed by atoms with Gasteiger partial charge >= 0.3 is 0 Å². The molecule has 1 aliphatic rings. The van der Waals surface area contributed by atoms with Crippen molar-refractivity contribution >= 4 is 11.5 Å². The topological polar surface area (TPSA) is 63.4 Å². The van der Waals surface area contributed by atoms with Crippen LogP contribution in [-0.2, 0) is 4.74 Å². The minimum absolute atomic E-state index is 0.696. The molecule has 0 amide bonds. The molecule has 0 spiro atoms. The number of nitrogen functional groups attached to an aromatic ring is 1. The molecule has 1 aromatic heterocycles. The second kappa shape index (κ2) is 5.84. The highest BCUT2D eigenvalue weighted by molar-refractivity contribution is 5.52. The molecule has 0 aliphatic carbocycles. The maximum absolute atomic E-state index is 5.37. The van der Waals surface area contributed by atoms with Crippen molar-refractivity contribution in [2.75, 3.05) is 37.1 Å². The number of pyridine rings is 1. The van der Waals surface area contributed by atoms with E-state index in [-0.39, 0.29) is 0 Å². The number of nitrogens with one attached hydrogen (secondary N) is 1. The van der Waals surface area contributed by atoms with E-state index in [1.54, 1.807) is 6.20 Å². The molecule has 0 radical (unpaired) electrons. The zero-order valence-corrected chi connectivity index (χ0v) is 10.2. The maximum atomic E-state index is 5.37. The normalized spacial score (nSPS) is 16.8. The average molecular weight is 236 g/mol. The van der Waals surface area contributed by atoms with Crippen LogP contribution in [0.25, 0.3) is 0 Å². The maximum Gasteiger partial charge on any atom is 0.141 e. The summed E-state index contributed by atoms with van der Waals surface area (Å²) in [5.74, 6) is 6.77. The first-order chi connectivity index (χ1) is 8.29. The van der Waals surface area contributed by atoms with Gasteiger partial charge in [0.25, 0.3) is 0 Å². The zero-order valence-electron chi connectivity index (χ0n) is 10.2. The largest absolute Gasteiger partial charge is 0.381 e. The minimum Gasteiger partial charge on any atom is -0.381 e. The summed E-state index contributed by atoms with van der Waals surface area (Å²) in [6.07, 6.45) is 4.07. The molecule has 0 atom stereocenters. The van der Waals surface area contributed by atoms with Crippen molar-refractivity contribution in [3.63, 3.8) is 0 Å². The van der Waals surface area contributed by atoms with Crippen molar-refractivity contribution in [2.45, 2.75) is 12.8 Å². The smallest absolute Gasteiger partial charge is 0.141 e. The van der Waals surface area contributed by atoms with Gasteiger partial charge in [-0.3, -0.25) is 0 Å². The van der Waals surface area contributed by atoms with Crippen molar-refractivity contribution in [3.8, 4) is 0 Å². The fraction of sp³-hybridized carbons (Fsp3) is 0.583. The summed E-state index contributed by atoms with van der Waals surface area (Å²) < 4.78 is 5.37. The lowest BCUT2D eigenvalue weighted by Crippen LogP contribution is -2.29. The van der Waals surface area contributed by atoms with Gasteiger partial charge in [-0.25, -0.2) is 10.8 Å². The lowest BCUT2D eigenvalue weighted by molar-refractivity contribution is 0.0685. The third kappa shape index (κ3) is 3.31. The second-order valence-corrected chi connectivity index (χ2v) is 4.48. The van der Waals surface area contributed by atoms with Crippen LogP contribution in [-0.4, -0.2) is 31.8 Å². The number of hydrogen-bond acceptors (Lipinski definition) is 5. The van der Waals surface area contributed by atoms with Crippen molar-refractivity contribution in [2.24, 2.45) is 11.8 Å². The molecule has 5 heteroatoms. The Morgan fingerprint density at radius 2 is 2.29 bits per heavy atom. The number of ether oxygens (including phenoxy) is 1. The SMILES string of the molecule is CN(CC1CCOCC1)c1ccnc(NN)c1. The first-order valence-corrected chi connectivity index (χ1v) is 6.01. The zero-order chi connectivity index (χ0) is 12.1. The number of nitrogens with two attached hydrogens (primary N) is 1. The fourth-order valence-electron chi connectivity index (χ4n) is 2.16. The van der Waals surface area contributed by atoms with E-state index >= 15 is 0 Å². The first kappa shape index (κ1) is 12.1. The van der Waals surface area contributed by atoms with Crippen molar-refractivity contribution < 1.29 is 4.74 Å². The summed E-state index contributed by atoms with van der Waals surface area (Å²) in [6, 6.07) is 3.96. The third-order valence-electron chi connectivity index (χ3n) is 3.21. The lowest BCUT2D eigenvalue weighted by atomic mass is 10.00. The Hall–Kier alpha value is -1.33.